The molecule has 226 valence electrons. The number of nitrogens with one attached hydrogen (secondary N) is 1. The quantitative estimate of drug-likeness (QED) is 0.146. The Labute approximate surface area is 259 Å². The van der Waals surface area contributed by atoms with Gasteiger partial charge in [-0.25, -0.2) is 13.4 Å². The average molecular weight is 638 g/mol. The van der Waals surface area contributed by atoms with E-state index in [1.807, 2.05) is 65.0 Å². The van der Waals surface area contributed by atoms with Crippen LogP contribution in [0.25, 0.3) is 11.1 Å². The van der Waals surface area contributed by atoms with Gasteiger partial charge in [0.25, 0.3) is 0 Å². The van der Waals surface area contributed by atoms with Gasteiger partial charge in [-0.05, 0) is 47.0 Å². The average Bonchev–Trinajstić information content (AvgIpc) is 3.78. The number of aromatic nitrogens is 1. The van der Waals surface area contributed by atoms with E-state index in [1.165, 1.54) is 0 Å². The van der Waals surface area contributed by atoms with E-state index in [0.29, 0.717) is 42.6 Å². The molecule has 8 nitrogen and oxygen atoms in total. The van der Waals surface area contributed by atoms with Crippen molar-refractivity contribution < 1.29 is 22.7 Å². The Morgan fingerprint density at radius 3 is 2.21 bits per heavy atom. The van der Waals surface area contributed by atoms with Crippen LogP contribution < -0.4 is 5.32 Å². The molecule has 3 heterocycles. The summed E-state index contributed by atoms with van der Waals surface area (Å²) in [7, 11) is -3.71. The predicted molar refractivity (Wildman–Crippen MR) is 171 cm³/mol. The van der Waals surface area contributed by atoms with Gasteiger partial charge in [0.2, 0.25) is 11.8 Å². The molecule has 0 fully saturated rings. The molecule has 0 aliphatic rings. The van der Waals surface area contributed by atoms with Gasteiger partial charge in [0.05, 0.1) is 17.5 Å². The van der Waals surface area contributed by atoms with Crippen molar-refractivity contribution in [3.8, 4) is 0 Å². The highest BCUT2D eigenvalue weighted by atomic mass is 32.2. The van der Waals surface area contributed by atoms with Crippen LogP contribution in [0.3, 0.4) is 0 Å². The molecule has 2 aromatic carbocycles. The molecule has 1 unspecified atom stereocenters. The highest BCUT2D eigenvalue weighted by molar-refractivity contribution is 7.90. The monoisotopic (exact) mass is 637 g/mol. The Kier molecular flexibility index (Phi) is 10.4. The summed E-state index contributed by atoms with van der Waals surface area (Å²) in [4.78, 5) is 22.6. The molecular formula is C32H35N3O5S3. The molecule has 0 saturated heterocycles. The third-order valence-corrected chi connectivity index (χ3v) is 10.5. The number of rotatable bonds is 15. The minimum absolute atomic E-state index is 0.113. The molecule has 5 aromatic rings. The zero-order chi connectivity index (χ0) is 30.2. The van der Waals surface area contributed by atoms with Gasteiger partial charge in [-0.2, -0.15) is 0 Å². The Bertz CT molecular complexity index is 1620. The summed E-state index contributed by atoms with van der Waals surface area (Å²) in [5, 5.41) is 18.3. The number of oxazole rings is 1. The summed E-state index contributed by atoms with van der Waals surface area (Å²) in [5.74, 6) is -0.893. The first kappa shape index (κ1) is 31.1. The summed E-state index contributed by atoms with van der Waals surface area (Å²) in [6.07, 6.45) is -0.0842. The Morgan fingerprint density at radius 2 is 1.60 bits per heavy atom. The highest BCUT2D eigenvalue weighted by Crippen LogP contribution is 2.26. The van der Waals surface area contributed by atoms with Gasteiger partial charge >= 0.3 is 0 Å². The SMILES string of the molecule is CCC[C@H](NC(=O)[C@H](CS(=O)(=O)Cc1ccccc1)N(Cc1cccs1)Cc1cccs1)C(O)c1nc2ccccc2o1. The normalized spacial score (nSPS) is 14.1. The van der Waals surface area contributed by atoms with E-state index in [1.54, 1.807) is 59.1 Å². The van der Waals surface area contributed by atoms with Crippen LogP contribution in [0.1, 0.15) is 47.1 Å². The topological polar surface area (TPSA) is 113 Å². The van der Waals surface area contributed by atoms with E-state index in [-0.39, 0.29) is 17.4 Å². The fraction of sp³-hybridized carbons (Fsp3) is 0.312. The minimum atomic E-state index is -3.71. The van der Waals surface area contributed by atoms with Gasteiger partial charge in [0.1, 0.15) is 11.6 Å². The van der Waals surface area contributed by atoms with Crippen molar-refractivity contribution in [2.24, 2.45) is 0 Å². The van der Waals surface area contributed by atoms with Gasteiger partial charge < -0.3 is 14.8 Å². The number of aliphatic hydroxyl groups is 1. The van der Waals surface area contributed by atoms with Crippen molar-refractivity contribution in [1.29, 1.82) is 0 Å². The standard InChI is InChI=1S/C32H35N3O5S3/c1-2-10-27(30(36)32-34-26-15-6-7-16-29(26)40-32)33-31(37)28(22-43(38,39)21-23-11-4-3-5-12-23)35(19-24-13-8-17-41-24)20-25-14-9-18-42-25/h3-9,11-18,27-28,30,36H,2,10,19-22H2,1H3,(H,33,37)/t27-,28-,30?/m0/s1. The highest BCUT2D eigenvalue weighted by Gasteiger charge is 2.35. The maximum Gasteiger partial charge on any atom is 0.238 e. The number of sulfone groups is 1. The number of thiophene rings is 2. The van der Waals surface area contributed by atoms with E-state index in [0.717, 1.165) is 9.75 Å². The molecule has 0 bridgehead atoms. The van der Waals surface area contributed by atoms with Crippen LogP contribution in [-0.4, -0.2) is 47.2 Å². The Hall–Kier alpha value is -3.35. The van der Waals surface area contributed by atoms with Crippen LogP contribution in [0.15, 0.2) is 94.0 Å². The second-order valence-corrected chi connectivity index (χ2v) is 14.7. The molecule has 0 aliphatic carbocycles. The number of carbonyl (C=O) groups excluding carboxylic acids is 1. The van der Waals surface area contributed by atoms with E-state index < -0.39 is 33.9 Å². The lowest BCUT2D eigenvalue weighted by Gasteiger charge is -2.32. The van der Waals surface area contributed by atoms with Crippen LogP contribution in [0.5, 0.6) is 0 Å². The number of amides is 1. The van der Waals surface area contributed by atoms with Crippen LogP contribution in [0, 0.1) is 0 Å². The molecule has 0 saturated carbocycles. The predicted octanol–water partition coefficient (Wildman–Crippen LogP) is 5.96. The summed E-state index contributed by atoms with van der Waals surface area (Å²) in [5.41, 5.74) is 1.82. The molecule has 43 heavy (non-hydrogen) atoms. The largest absolute Gasteiger partial charge is 0.438 e. The second-order valence-electron chi connectivity index (χ2n) is 10.5. The molecule has 0 aliphatic heterocycles. The number of nitrogens with zero attached hydrogens (tertiary/aromatic N) is 2. The fourth-order valence-corrected chi connectivity index (χ4v) is 8.16. The van der Waals surface area contributed by atoms with Crippen LogP contribution in [0.4, 0.5) is 0 Å². The van der Waals surface area contributed by atoms with Crippen molar-refractivity contribution in [2.75, 3.05) is 5.75 Å². The molecular weight excluding hydrogens is 603 g/mol. The molecule has 3 atom stereocenters. The lowest BCUT2D eigenvalue weighted by atomic mass is 10.0. The number of hydrogen-bond acceptors (Lipinski definition) is 9. The maximum absolute atomic E-state index is 14.2. The van der Waals surface area contributed by atoms with E-state index in [4.69, 9.17) is 4.42 Å². The van der Waals surface area contributed by atoms with Crippen molar-refractivity contribution in [3.05, 3.63) is 111 Å². The number of aliphatic hydroxyl groups excluding tert-OH is 1. The summed E-state index contributed by atoms with van der Waals surface area (Å²) in [6, 6.07) is 22.3. The van der Waals surface area contributed by atoms with Gasteiger partial charge in [-0.3, -0.25) is 9.69 Å². The summed E-state index contributed by atoms with van der Waals surface area (Å²) in [6.45, 7) is 2.76. The van der Waals surface area contributed by atoms with Crippen molar-refractivity contribution in [3.63, 3.8) is 0 Å². The van der Waals surface area contributed by atoms with E-state index in [2.05, 4.69) is 10.3 Å². The van der Waals surface area contributed by atoms with Gasteiger partial charge in [0.15, 0.2) is 21.5 Å². The summed E-state index contributed by atoms with van der Waals surface area (Å²) >= 11 is 3.12. The smallest absolute Gasteiger partial charge is 0.238 e. The number of hydrogen-bond donors (Lipinski definition) is 2. The molecule has 0 radical (unpaired) electrons. The maximum atomic E-state index is 14.2. The van der Waals surface area contributed by atoms with Gasteiger partial charge in [-0.1, -0.05) is 67.9 Å². The number of carbonyl (C=O) groups is 1. The van der Waals surface area contributed by atoms with E-state index >= 15 is 0 Å². The number of fused-ring (bicyclic) bond motifs is 1. The zero-order valence-electron chi connectivity index (χ0n) is 23.8. The van der Waals surface area contributed by atoms with E-state index in [9.17, 15) is 18.3 Å². The number of para-hydroxylation sites is 2. The fourth-order valence-electron chi connectivity index (χ4n) is 5.04. The van der Waals surface area contributed by atoms with Gasteiger partial charge in [0, 0.05) is 22.8 Å². The minimum Gasteiger partial charge on any atom is -0.438 e. The first-order valence-corrected chi connectivity index (χ1v) is 17.8. The van der Waals surface area contributed by atoms with Crippen molar-refractivity contribution in [2.45, 2.75) is 56.8 Å². The molecule has 5 rings (SSSR count). The molecule has 0 spiro atoms. The molecule has 2 N–H and O–H groups in total. The molecule has 11 heteroatoms. The molecule has 3 aromatic heterocycles. The zero-order valence-corrected chi connectivity index (χ0v) is 26.3. The van der Waals surface area contributed by atoms with Crippen molar-refractivity contribution in [1.82, 2.24) is 15.2 Å². The Balaban J connectivity index is 1.45. The van der Waals surface area contributed by atoms with Gasteiger partial charge in [-0.15, -0.1) is 22.7 Å². The number of benzene rings is 2. The Morgan fingerprint density at radius 1 is 0.953 bits per heavy atom. The van der Waals surface area contributed by atoms with Crippen molar-refractivity contribution >= 4 is 49.5 Å². The van der Waals surface area contributed by atoms with Crippen LogP contribution >= 0.6 is 22.7 Å². The third kappa shape index (κ3) is 8.39. The lowest BCUT2D eigenvalue weighted by Crippen LogP contribution is -2.53. The third-order valence-electron chi connectivity index (χ3n) is 7.13. The van der Waals surface area contributed by atoms with Crippen LogP contribution in [0.2, 0.25) is 0 Å². The summed E-state index contributed by atoms with van der Waals surface area (Å²) < 4.78 is 33.0. The lowest BCUT2D eigenvalue weighted by molar-refractivity contribution is -0.128. The first-order valence-electron chi connectivity index (χ1n) is 14.2. The second kappa shape index (κ2) is 14.4. The molecule has 1 amide bonds. The van der Waals surface area contributed by atoms with Crippen LogP contribution in [-0.2, 0) is 33.5 Å². The first-order chi connectivity index (χ1) is 20.8.